The van der Waals surface area contributed by atoms with E-state index >= 15 is 0 Å². The second-order valence-electron chi connectivity index (χ2n) is 4.37. The summed E-state index contributed by atoms with van der Waals surface area (Å²) in [5, 5.41) is 11.0. The number of halogens is 1. The predicted molar refractivity (Wildman–Crippen MR) is 75.7 cm³/mol. The molecular formula is C12H14BrNO4S. The monoisotopic (exact) mass is 347 g/mol. The van der Waals surface area contributed by atoms with Crippen LogP contribution in [0.5, 0.6) is 0 Å². The molecule has 104 valence electrons. The van der Waals surface area contributed by atoms with Crippen molar-refractivity contribution in [2.24, 2.45) is 0 Å². The van der Waals surface area contributed by atoms with Crippen LogP contribution in [0.25, 0.3) is 0 Å². The highest BCUT2D eigenvalue weighted by atomic mass is 79.9. The molecule has 0 aliphatic carbocycles. The average molecular weight is 348 g/mol. The molecule has 0 bridgehead atoms. The van der Waals surface area contributed by atoms with E-state index in [1.165, 1.54) is 6.07 Å². The fraction of sp³-hybridized carbons (Fsp3) is 0.500. The van der Waals surface area contributed by atoms with Crippen molar-refractivity contribution in [1.29, 1.82) is 0 Å². The Balaban J connectivity index is 2.16. The minimum atomic E-state index is -1.41. The highest BCUT2D eigenvalue weighted by molar-refractivity contribution is 9.10. The Morgan fingerprint density at radius 3 is 2.89 bits per heavy atom. The molecule has 0 amide bonds. The van der Waals surface area contributed by atoms with Gasteiger partial charge in [0, 0.05) is 17.1 Å². The highest BCUT2D eigenvalue weighted by Crippen LogP contribution is 2.27. The van der Waals surface area contributed by atoms with Gasteiger partial charge in [0.05, 0.1) is 27.6 Å². The Morgan fingerprint density at radius 1 is 1.47 bits per heavy atom. The minimum absolute atomic E-state index is 0.0576. The van der Waals surface area contributed by atoms with Crippen LogP contribution >= 0.6 is 15.9 Å². The Morgan fingerprint density at radius 2 is 2.26 bits per heavy atom. The predicted octanol–water partition coefficient (Wildman–Crippen LogP) is 3.03. The molecule has 1 heterocycles. The zero-order valence-electron chi connectivity index (χ0n) is 10.2. The van der Waals surface area contributed by atoms with Gasteiger partial charge in [0.25, 0.3) is 5.69 Å². The van der Waals surface area contributed by atoms with Crippen LogP contribution < -0.4 is 0 Å². The molecule has 5 nitrogen and oxygen atoms in total. The Labute approximate surface area is 122 Å². The van der Waals surface area contributed by atoms with Crippen molar-refractivity contribution in [1.82, 2.24) is 0 Å². The molecule has 1 saturated heterocycles. The van der Waals surface area contributed by atoms with Gasteiger partial charge in [-0.3, -0.25) is 14.3 Å². The fourth-order valence-electron chi connectivity index (χ4n) is 2.02. The van der Waals surface area contributed by atoms with Crippen molar-refractivity contribution in [3.8, 4) is 0 Å². The molecule has 19 heavy (non-hydrogen) atoms. The first kappa shape index (κ1) is 14.6. The third-order valence-electron chi connectivity index (χ3n) is 2.97. The summed E-state index contributed by atoms with van der Waals surface area (Å²) in [5.41, 5.74) is -0.108. The molecule has 1 aliphatic rings. The van der Waals surface area contributed by atoms with E-state index in [0.717, 1.165) is 19.3 Å². The molecule has 0 saturated carbocycles. The molecular weight excluding hydrogens is 334 g/mol. The lowest BCUT2D eigenvalue weighted by Crippen LogP contribution is -2.25. The van der Waals surface area contributed by atoms with E-state index in [2.05, 4.69) is 15.9 Å². The molecule has 1 aliphatic heterocycles. The number of nitro groups is 1. The zero-order valence-corrected chi connectivity index (χ0v) is 12.6. The summed E-state index contributed by atoms with van der Waals surface area (Å²) in [6, 6.07) is 4.60. The maximum absolute atomic E-state index is 12.3. The largest absolute Gasteiger partial charge is 0.377 e. The molecule has 7 heteroatoms. The standard InChI is InChI=1S/C12H14BrNO4S/c13-9-4-5-12(11(7-9)14(15)16)19(17)8-10-3-1-2-6-18-10/h4-5,7,10H,1-3,6,8H2. The highest BCUT2D eigenvalue weighted by Gasteiger charge is 2.23. The molecule has 2 unspecified atom stereocenters. The molecule has 0 spiro atoms. The van der Waals surface area contributed by atoms with Gasteiger partial charge in [0.2, 0.25) is 0 Å². The van der Waals surface area contributed by atoms with E-state index in [1.54, 1.807) is 12.1 Å². The summed E-state index contributed by atoms with van der Waals surface area (Å²) in [5.74, 6) is 0.322. The van der Waals surface area contributed by atoms with Crippen molar-refractivity contribution in [2.45, 2.75) is 30.3 Å². The fourth-order valence-corrected chi connectivity index (χ4v) is 3.74. The number of nitrogens with zero attached hydrogens (tertiary/aromatic N) is 1. The Hall–Kier alpha value is -0.790. The van der Waals surface area contributed by atoms with Crippen LogP contribution in [-0.2, 0) is 15.5 Å². The lowest BCUT2D eigenvalue weighted by Gasteiger charge is -2.21. The van der Waals surface area contributed by atoms with Crippen molar-refractivity contribution < 1.29 is 13.9 Å². The quantitative estimate of drug-likeness (QED) is 0.620. The second-order valence-corrected chi connectivity index (χ2v) is 6.75. The van der Waals surface area contributed by atoms with Crippen LogP contribution in [0, 0.1) is 10.1 Å². The summed E-state index contributed by atoms with van der Waals surface area (Å²) in [7, 11) is -1.41. The van der Waals surface area contributed by atoms with Gasteiger partial charge >= 0.3 is 0 Å². The van der Waals surface area contributed by atoms with Crippen LogP contribution in [0.15, 0.2) is 27.6 Å². The normalized spacial score (nSPS) is 21.0. The number of benzene rings is 1. The topological polar surface area (TPSA) is 69.4 Å². The van der Waals surface area contributed by atoms with Gasteiger partial charge in [0.1, 0.15) is 4.90 Å². The van der Waals surface area contributed by atoms with Gasteiger partial charge in [-0.15, -0.1) is 0 Å². The third kappa shape index (κ3) is 3.84. The molecule has 1 fully saturated rings. The van der Waals surface area contributed by atoms with Crippen LogP contribution in [0.1, 0.15) is 19.3 Å². The number of hydrogen-bond acceptors (Lipinski definition) is 4. The Bertz CT molecular complexity index is 503. The van der Waals surface area contributed by atoms with Crippen LogP contribution in [0.4, 0.5) is 5.69 Å². The number of hydrogen-bond donors (Lipinski definition) is 0. The van der Waals surface area contributed by atoms with E-state index in [1.807, 2.05) is 0 Å². The number of nitro benzene ring substituents is 1. The lowest BCUT2D eigenvalue weighted by atomic mass is 10.1. The van der Waals surface area contributed by atoms with E-state index in [-0.39, 0.29) is 16.7 Å². The van der Waals surface area contributed by atoms with E-state index < -0.39 is 15.7 Å². The van der Waals surface area contributed by atoms with Gasteiger partial charge in [-0.05, 0) is 31.4 Å². The lowest BCUT2D eigenvalue weighted by molar-refractivity contribution is -0.387. The molecule has 2 atom stereocenters. The van der Waals surface area contributed by atoms with Gasteiger partial charge in [-0.25, -0.2) is 0 Å². The van der Waals surface area contributed by atoms with Crippen LogP contribution in [0.2, 0.25) is 0 Å². The summed E-state index contributed by atoms with van der Waals surface area (Å²) >= 11 is 3.18. The van der Waals surface area contributed by atoms with E-state index in [4.69, 9.17) is 4.74 Å². The minimum Gasteiger partial charge on any atom is -0.377 e. The summed E-state index contributed by atoms with van der Waals surface area (Å²) in [4.78, 5) is 10.8. The smallest absolute Gasteiger partial charge is 0.286 e. The summed E-state index contributed by atoms with van der Waals surface area (Å²) < 4.78 is 18.4. The first-order chi connectivity index (χ1) is 9.08. The van der Waals surface area contributed by atoms with Crippen molar-refractivity contribution >= 4 is 32.4 Å². The molecule has 0 N–H and O–H groups in total. The van der Waals surface area contributed by atoms with Gasteiger partial charge in [-0.2, -0.15) is 0 Å². The molecule has 0 radical (unpaired) electrons. The SMILES string of the molecule is O=[N+]([O-])c1cc(Br)ccc1S(=O)CC1CCCCO1. The van der Waals surface area contributed by atoms with Crippen molar-refractivity contribution in [3.05, 3.63) is 32.8 Å². The van der Waals surface area contributed by atoms with Gasteiger partial charge in [0.15, 0.2) is 0 Å². The van der Waals surface area contributed by atoms with E-state index in [9.17, 15) is 14.3 Å². The second kappa shape index (κ2) is 6.58. The summed E-state index contributed by atoms with van der Waals surface area (Å²) in [6.07, 6.45) is 2.90. The van der Waals surface area contributed by atoms with Gasteiger partial charge < -0.3 is 4.74 Å². The van der Waals surface area contributed by atoms with Gasteiger partial charge in [-0.1, -0.05) is 15.9 Å². The molecule has 1 aromatic rings. The average Bonchev–Trinajstić information content (AvgIpc) is 2.39. The Kier molecular flexibility index (Phi) is 5.06. The maximum Gasteiger partial charge on any atom is 0.286 e. The van der Waals surface area contributed by atoms with E-state index in [0.29, 0.717) is 16.8 Å². The summed E-state index contributed by atoms with van der Waals surface area (Å²) in [6.45, 7) is 0.685. The molecule has 1 aromatic carbocycles. The maximum atomic E-state index is 12.3. The zero-order chi connectivity index (χ0) is 13.8. The first-order valence-electron chi connectivity index (χ1n) is 6.02. The van der Waals surface area contributed by atoms with Crippen LogP contribution in [0.3, 0.4) is 0 Å². The molecule has 2 rings (SSSR count). The molecule has 0 aromatic heterocycles. The van der Waals surface area contributed by atoms with Crippen LogP contribution in [-0.4, -0.2) is 27.6 Å². The number of rotatable bonds is 4. The first-order valence-corrected chi connectivity index (χ1v) is 8.13. The third-order valence-corrected chi connectivity index (χ3v) is 4.98. The number of ether oxygens (including phenoxy) is 1. The van der Waals surface area contributed by atoms with Crippen molar-refractivity contribution in [3.63, 3.8) is 0 Å². The van der Waals surface area contributed by atoms with Crippen molar-refractivity contribution in [2.75, 3.05) is 12.4 Å².